The van der Waals surface area contributed by atoms with Gasteiger partial charge in [0, 0.05) is 5.75 Å². The van der Waals surface area contributed by atoms with E-state index in [0.717, 1.165) is 0 Å². The molecule has 0 bridgehead atoms. The van der Waals surface area contributed by atoms with Crippen molar-refractivity contribution in [2.75, 3.05) is 30.5 Å². The van der Waals surface area contributed by atoms with Gasteiger partial charge in [-0.15, -0.1) is 11.8 Å². The quantitative estimate of drug-likeness (QED) is 0.681. The first kappa shape index (κ1) is 14.8. The highest BCUT2D eigenvalue weighted by Gasteiger charge is 2.08. The second-order valence-electron chi connectivity index (χ2n) is 3.60. The van der Waals surface area contributed by atoms with Gasteiger partial charge in [-0.2, -0.15) is 0 Å². The zero-order valence-electron chi connectivity index (χ0n) is 10.1. The molecule has 100 valence electrons. The van der Waals surface area contributed by atoms with Crippen molar-refractivity contribution >= 4 is 23.4 Å². The minimum absolute atomic E-state index is 0.172. The van der Waals surface area contributed by atoms with E-state index in [1.165, 1.54) is 18.9 Å². The molecule has 1 aromatic rings. The molecule has 0 aromatic heterocycles. The molecule has 0 radical (unpaired) electrons. The van der Waals surface area contributed by atoms with E-state index in [1.807, 2.05) is 6.07 Å². The van der Waals surface area contributed by atoms with E-state index < -0.39 is 6.10 Å². The van der Waals surface area contributed by atoms with Crippen LogP contribution in [0.5, 0.6) is 5.75 Å². The van der Waals surface area contributed by atoms with Crippen LogP contribution in [0.2, 0.25) is 0 Å². The van der Waals surface area contributed by atoms with Gasteiger partial charge in [0.15, 0.2) is 0 Å². The predicted molar refractivity (Wildman–Crippen MR) is 72.0 cm³/mol. The van der Waals surface area contributed by atoms with Crippen LogP contribution in [0, 0.1) is 0 Å². The average molecular weight is 271 g/mol. The molecule has 0 aliphatic carbocycles. The number of thioether (sulfide) groups is 1. The summed E-state index contributed by atoms with van der Waals surface area (Å²) in [6, 6.07) is 7.14. The number of para-hydroxylation sites is 2. The summed E-state index contributed by atoms with van der Waals surface area (Å²) >= 11 is 1.26. The van der Waals surface area contributed by atoms with Crippen LogP contribution in [0.4, 0.5) is 5.69 Å². The molecule has 0 fully saturated rings. The van der Waals surface area contributed by atoms with E-state index >= 15 is 0 Å². The zero-order chi connectivity index (χ0) is 13.4. The largest absolute Gasteiger partial charge is 0.495 e. The number of ether oxygens (including phenoxy) is 1. The van der Waals surface area contributed by atoms with Crippen molar-refractivity contribution < 1.29 is 19.7 Å². The van der Waals surface area contributed by atoms with Gasteiger partial charge >= 0.3 is 0 Å². The number of hydrogen-bond acceptors (Lipinski definition) is 5. The van der Waals surface area contributed by atoms with E-state index in [4.69, 9.17) is 14.9 Å². The molecule has 1 rings (SSSR count). The Morgan fingerprint density at radius 3 is 2.89 bits per heavy atom. The lowest BCUT2D eigenvalue weighted by atomic mass is 10.3. The molecule has 6 heteroatoms. The number of benzene rings is 1. The summed E-state index contributed by atoms with van der Waals surface area (Å²) in [7, 11) is 1.54. The maximum absolute atomic E-state index is 11.6. The number of rotatable bonds is 7. The molecule has 18 heavy (non-hydrogen) atoms. The number of amides is 1. The molecule has 0 heterocycles. The molecule has 0 saturated carbocycles. The smallest absolute Gasteiger partial charge is 0.234 e. The Kier molecular flexibility index (Phi) is 6.56. The molecule has 1 unspecified atom stereocenters. The van der Waals surface area contributed by atoms with Crippen LogP contribution < -0.4 is 10.1 Å². The first-order valence-electron chi connectivity index (χ1n) is 5.47. The van der Waals surface area contributed by atoms with Gasteiger partial charge in [-0.25, -0.2) is 0 Å². The number of carbonyl (C=O) groups is 1. The third-order valence-electron chi connectivity index (χ3n) is 2.14. The van der Waals surface area contributed by atoms with Gasteiger partial charge in [-0.1, -0.05) is 12.1 Å². The first-order chi connectivity index (χ1) is 8.67. The van der Waals surface area contributed by atoms with Crippen molar-refractivity contribution in [2.45, 2.75) is 6.10 Å². The number of aliphatic hydroxyl groups excluding tert-OH is 2. The highest BCUT2D eigenvalue weighted by atomic mass is 32.2. The number of hydrogen-bond donors (Lipinski definition) is 3. The SMILES string of the molecule is COc1ccccc1NC(=O)CSCC(O)CO. The van der Waals surface area contributed by atoms with Crippen LogP contribution in [-0.2, 0) is 4.79 Å². The summed E-state index contributed by atoms with van der Waals surface area (Å²) in [4.78, 5) is 11.6. The monoisotopic (exact) mass is 271 g/mol. The summed E-state index contributed by atoms with van der Waals surface area (Å²) in [6.45, 7) is -0.291. The fourth-order valence-corrected chi connectivity index (χ4v) is 2.03. The van der Waals surface area contributed by atoms with Crippen molar-refractivity contribution in [3.8, 4) is 5.75 Å². The van der Waals surface area contributed by atoms with Gasteiger partial charge in [0.25, 0.3) is 0 Å². The maximum atomic E-state index is 11.6. The third-order valence-corrected chi connectivity index (χ3v) is 3.22. The van der Waals surface area contributed by atoms with Crippen molar-refractivity contribution in [1.82, 2.24) is 0 Å². The Morgan fingerprint density at radius 1 is 1.50 bits per heavy atom. The third kappa shape index (κ3) is 4.95. The molecule has 3 N–H and O–H groups in total. The lowest BCUT2D eigenvalue weighted by Crippen LogP contribution is -2.19. The standard InChI is InChI=1S/C12H17NO4S/c1-17-11-5-3-2-4-10(11)13-12(16)8-18-7-9(15)6-14/h2-5,9,14-15H,6-8H2,1H3,(H,13,16). The zero-order valence-corrected chi connectivity index (χ0v) is 10.9. The molecule has 0 aliphatic heterocycles. The molecule has 1 atom stereocenters. The van der Waals surface area contributed by atoms with Gasteiger partial charge in [0.05, 0.1) is 31.3 Å². The van der Waals surface area contributed by atoms with E-state index in [-0.39, 0.29) is 18.3 Å². The van der Waals surface area contributed by atoms with Crippen LogP contribution in [0.25, 0.3) is 0 Å². The topological polar surface area (TPSA) is 78.8 Å². The first-order valence-corrected chi connectivity index (χ1v) is 6.62. The van der Waals surface area contributed by atoms with E-state index in [1.54, 1.807) is 18.2 Å². The van der Waals surface area contributed by atoms with Crippen molar-refractivity contribution in [3.05, 3.63) is 24.3 Å². The molecule has 1 aromatic carbocycles. The minimum Gasteiger partial charge on any atom is -0.495 e. The normalized spacial score (nSPS) is 11.9. The fraction of sp³-hybridized carbons (Fsp3) is 0.417. The molecular formula is C12H17NO4S. The van der Waals surface area contributed by atoms with Crippen LogP contribution in [-0.4, -0.2) is 47.4 Å². The second-order valence-corrected chi connectivity index (χ2v) is 4.63. The van der Waals surface area contributed by atoms with Crippen LogP contribution in [0.15, 0.2) is 24.3 Å². The lowest BCUT2D eigenvalue weighted by Gasteiger charge is -2.10. The van der Waals surface area contributed by atoms with Gasteiger partial charge in [-0.3, -0.25) is 4.79 Å². The van der Waals surface area contributed by atoms with E-state index in [9.17, 15) is 4.79 Å². The Labute approximate surface area is 110 Å². The van der Waals surface area contributed by atoms with Crippen LogP contribution in [0.3, 0.4) is 0 Å². The Hall–Kier alpha value is -1.24. The van der Waals surface area contributed by atoms with Crippen molar-refractivity contribution in [1.29, 1.82) is 0 Å². The highest BCUT2D eigenvalue weighted by Crippen LogP contribution is 2.23. The molecule has 0 saturated heterocycles. The molecule has 0 aliphatic rings. The van der Waals surface area contributed by atoms with Crippen LogP contribution >= 0.6 is 11.8 Å². The molecule has 0 spiro atoms. The van der Waals surface area contributed by atoms with Crippen molar-refractivity contribution in [3.63, 3.8) is 0 Å². The average Bonchev–Trinajstić information content (AvgIpc) is 2.39. The summed E-state index contributed by atoms with van der Waals surface area (Å²) in [5.74, 6) is 0.978. The van der Waals surface area contributed by atoms with Gasteiger partial charge in [0.1, 0.15) is 5.75 Å². The number of aliphatic hydroxyl groups is 2. The summed E-state index contributed by atoms with van der Waals surface area (Å²) in [5, 5.41) is 20.5. The summed E-state index contributed by atoms with van der Waals surface area (Å²) in [5.41, 5.74) is 0.619. The lowest BCUT2D eigenvalue weighted by molar-refractivity contribution is -0.113. The second kappa shape index (κ2) is 7.97. The Morgan fingerprint density at radius 2 is 2.22 bits per heavy atom. The summed E-state index contributed by atoms with van der Waals surface area (Å²) in [6.07, 6.45) is -0.783. The number of carbonyl (C=O) groups excluding carboxylic acids is 1. The predicted octanol–water partition coefficient (Wildman–Crippen LogP) is 0.720. The number of nitrogens with one attached hydrogen (secondary N) is 1. The minimum atomic E-state index is -0.783. The Bertz CT molecular complexity index is 386. The summed E-state index contributed by atoms with van der Waals surface area (Å²) < 4.78 is 5.11. The van der Waals surface area contributed by atoms with E-state index in [0.29, 0.717) is 17.2 Å². The van der Waals surface area contributed by atoms with Crippen molar-refractivity contribution in [2.24, 2.45) is 0 Å². The van der Waals surface area contributed by atoms with E-state index in [2.05, 4.69) is 5.32 Å². The number of methoxy groups -OCH3 is 1. The maximum Gasteiger partial charge on any atom is 0.234 e. The van der Waals surface area contributed by atoms with Crippen LogP contribution in [0.1, 0.15) is 0 Å². The molecular weight excluding hydrogens is 254 g/mol. The number of anilines is 1. The molecule has 5 nitrogen and oxygen atoms in total. The van der Waals surface area contributed by atoms with Gasteiger partial charge in [0.2, 0.25) is 5.91 Å². The fourth-order valence-electron chi connectivity index (χ4n) is 1.27. The molecule has 1 amide bonds. The van der Waals surface area contributed by atoms with Gasteiger partial charge < -0.3 is 20.3 Å². The van der Waals surface area contributed by atoms with Gasteiger partial charge in [-0.05, 0) is 12.1 Å². The Balaban J connectivity index is 2.40. The highest BCUT2D eigenvalue weighted by molar-refractivity contribution is 8.00.